The molecule has 0 aliphatic rings. The summed E-state index contributed by atoms with van der Waals surface area (Å²) in [5.74, 6) is 0.749. The second kappa shape index (κ2) is 7.14. The Morgan fingerprint density at radius 3 is 2.58 bits per heavy atom. The van der Waals surface area contributed by atoms with Gasteiger partial charge in [0.05, 0.1) is 25.6 Å². The third-order valence-corrected chi connectivity index (χ3v) is 3.67. The van der Waals surface area contributed by atoms with Gasteiger partial charge in [-0.25, -0.2) is 9.90 Å². The number of aromatic amines is 1. The molecule has 6 nitrogen and oxygen atoms in total. The molecule has 0 atom stereocenters. The Balaban J connectivity index is 1.75. The fraction of sp³-hybridized carbons (Fsp3) is 0.118. The van der Waals surface area contributed by atoms with E-state index in [2.05, 4.69) is 15.3 Å². The van der Waals surface area contributed by atoms with Gasteiger partial charge in [0.1, 0.15) is 5.75 Å². The molecule has 0 saturated heterocycles. The van der Waals surface area contributed by atoms with E-state index in [1.54, 1.807) is 43.5 Å². The van der Waals surface area contributed by atoms with E-state index >= 15 is 0 Å². The van der Waals surface area contributed by atoms with Crippen LogP contribution in [-0.4, -0.2) is 28.3 Å². The number of rotatable bonds is 5. The van der Waals surface area contributed by atoms with Crippen LogP contribution in [-0.2, 0) is 6.54 Å². The van der Waals surface area contributed by atoms with E-state index in [4.69, 9.17) is 16.3 Å². The summed E-state index contributed by atoms with van der Waals surface area (Å²) >= 11 is 5.85. The van der Waals surface area contributed by atoms with Gasteiger partial charge in [-0.3, -0.25) is 9.79 Å². The molecule has 0 unspecified atom stereocenters. The number of hydrogen-bond acceptors (Lipinski definition) is 4. The molecule has 3 aromatic rings. The lowest BCUT2D eigenvalue weighted by atomic mass is 10.2. The number of H-pyrrole nitrogens is 1. The minimum atomic E-state index is -0.234. The molecule has 0 aliphatic heterocycles. The summed E-state index contributed by atoms with van der Waals surface area (Å²) in [7, 11) is 1.60. The molecule has 0 bridgehead atoms. The quantitative estimate of drug-likeness (QED) is 0.724. The lowest BCUT2D eigenvalue weighted by Gasteiger charge is -2.00. The number of aliphatic imine (C=N–C) groups is 1. The Hall–Kier alpha value is -2.86. The number of halogens is 1. The maximum Gasteiger partial charge on any atom is 0.295 e. The number of hydrogen-bond donors (Lipinski definition) is 1. The lowest BCUT2D eigenvalue weighted by Crippen LogP contribution is -2.19. The minimum absolute atomic E-state index is 0.234. The van der Waals surface area contributed by atoms with Crippen molar-refractivity contribution in [1.29, 1.82) is 0 Å². The van der Waals surface area contributed by atoms with Gasteiger partial charge in [-0.15, -0.1) is 0 Å². The van der Waals surface area contributed by atoms with Gasteiger partial charge in [-0.2, -0.15) is 5.10 Å². The third-order valence-electron chi connectivity index (χ3n) is 3.42. The van der Waals surface area contributed by atoms with Crippen molar-refractivity contribution in [1.82, 2.24) is 15.0 Å². The Bertz CT molecular complexity index is 896. The Labute approximate surface area is 143 Å². The molecule has 24 heavy (non-hydrogen) atoms. The van der Waals surface area contributed by atoms with Gasteiger partial charge in [0, 0.05) is 5.02 Å². The van der Waals surface area contributed by atoms with E-state index in [1.807, 2.05) is 12.1 Å². The molecule has 1 N–H and O–H groups in total. The van der Waals surface area contributed by atoms with Crippen molar-refractivity contribution in [2.75, 3.05) is 7.11 Å². The Morgan fingerprint density at radius 1 is 1.21 bits per heavy atom. The maximum absolute atomic E-state index is 12.3. The zero-order valence-corrected chi connectivity index (χ0v) is 13.7. The van der Waals surface area contributed by atoms with E-state index in [-0.39, 0.29) is 11.3 Å². The highest BCUT2D eigenvalue weighted by Gasteiger charge is 2.06. The summed E-state index contributed by atoms with van der Waals surface area (Å²) < 4.78 is 6.50. The maximum atomic E-state index is 12.3. The fourth-order valence-electron chi connectivity index (χ4n) is 2.11. The molecule has 7 heteroatoms. The van der Waals surface area contributed by atoms with Gasteiger partial charge >= 0.3 is 0 Å². The smallest absolute Gasteiger partial charge is 0.295 e. The van der Waals surface area contributed by atoms with Crippen LogP contribution in [0.2, 0.25) is 5.02 Å². The summed E-state index contributed by atoms with van der Waals surface area (Å²) in [5.41, 5.74) is 1.67. The van der Waals surface area contributed by atoms with Crippen LogP contribution in [0.3, 0.4) is 0 Å². The second-order valence-electron chi connectivity index (χ2n) is 5.07. The van der Waals surface area contributed by atoms with Crippen molar-refractivity contribution in [3.8, 4) is 5.75 Å². The van der Waals surface area contributed by atoms with Crippen molar-refractivity contribution in [3.05, 3.63) is 75.2 Å². The van der Waals surface area contributed by atoms with Crippen LogP contribution >= 0.6 is 11.6 Å². The van der Waals surface area contributed by atoms with Gasteiger partial charge in [-0.1, -0.05) is 23.7 Å². The SMILES string of the molecule is COc1ccc(N=Cc2n[nH]n(Cc3ccc(Cl)cc3)c2=O)cc1. The summed E-state index contributed by atoms with van der Waals surface area (Å²) in [4.78, 5) is 16.5. The third kappa shape index (κ3) is 3.72. The van der Waals surface area contributed by atoms with Crippen molar-refractivity contribution < 1.29 is 4.74 Å². The van der Waals surface area contributed by atoms with Gasteiger partial charge in [-0.05, 0) is 42.0 Å². The standard InChI is InChI=1S/C17H15ClN4O2/c1-24-15-8-6-14(7-9-15)19-10-16-17(23)22(21-20-16)11-12-2-4-13(18)5-3-12/h2-10,21H,11H2,1H3. The highest BCUT2D eigenvalue weighted by Crippen LogP contribution is 2.17. The molecule has 1 heterocycles. The predicted octanol–water partition coefficient (Wildman–Crippen LogP) is 3.03. The van der Waals surface area contributed by atoms with Crippen LogP contribution in [0.5, 0.6) is 5.75 Å². The Morgan fingerprint density at radius 2 is 1.92 bits per heavy atom. The van der Waals surface area contributed by atoms with Crippen molar-refractivity contribution in [3.63, 3.8) is 0 Å². The molecular weight excluding hydrogens is 328 g/mol. The first kappa shape index (κ1) is 16.0. The summed E-state index contributed by atoms with van der Waals surface area (Å²) in [6.45, 7) is 0.388. The first-order valence-electron chi connectivity index (χ1n) is 7.23. The first-order valence-corrected chi connectivity index (χ1v) is 7.61. The second-order valence-corrected chi connectivity index (χ2v) is 5.51. The zero-order valence-electron chi connectivity index (χ0n) is 12.9. The fourth-order valence-corrected chi connectivity index (χ4v) is 2.24. The van der Waals surface area contributed by atoms with E-state index in [1.165, 1.54) is 10.9 Å². The normalized spacial score (nSPS) is 11.1. The van der Waals surface area contributed by atoms with Crippen LogP contribution in [0.1, 0.15) is 11.3 Å². The Kier molecular flexibility index (Phi) is 4.77. The monoisotopic (exact) mass is 342 g/mol. The largest absolute Gasteiger partial charge is 0.497 e. The number of ether oxygens (including phenoxy) is 1. The number of nitrogens with zero attached hydrogens (tertiary/aromatic N) is 3. The van der Waals surface area contributed by atoms with E-state index in [9.17, 15) is 4.79 Å². The predicted molar refractivity (Wildman–Crippen MR) is 93.6 cm³/mol. The summed E-state index contributed by atoms with van der Waals surface area (Å²) in [6, 6.07) is 14.5. The number of methoxy groups -OCH3 is 1. The molecule has 0 radical (unpaired) electrons. The zero-order chi connectivity index (χ0) is 16.9. The summed E-state index contributed by atoms with van der Waals surface area (Å²) in [6.07, 6.45) is 1.44. The van der Waals surface area contributed by atoms with E-state index in [0.717, 1.165) is 11.3 Å². The highest BCUT2D eigenvalue weighted by atomic mass is 35.5. The first-order chi connectivity index (χ1) is 11.7. The van der Waals surface area contributed by atoms with Gasteiger partial charge in [0.15, 0.2) is 5.69 Å². The van der Waals surface area contributed by atoms with Gasteiger partial charge in [0.25, 0.3) is 5.56 Å². The number of nitrogens with one attached hydrogen (secondary N) is 1. The van der Waals surface area contributed by atoms with E-state index in [0.29, 0.717) is 17.3 Å². The van der Waals surface area contributed by atoms with Crippen LogP contribution in [0, 0.1) is 0 Å². The molecule has 122 valence electrons. The van der Waals surface area contributed by atoms with Crippen LogP contribution in [0.4, 0.5) is 5.69 Å². The lowest BCUT2D eigenvalue weighted by molar-refractivity contribution is 0.415. The molecule has 2 aromatic carbocycles. The topological polar surface area (TPSA) is 72.3 Å². The molecular formula is C17H15ClN4O2. The van der Waals surface area contributed by atoms with Crippen LogP contribution < -0.4 is 10.3 Å². The number of aromatic nitrogens is 3. The number of benzene rings is 2. The molecule has 0 aliphatic carbocycles. The highest BCUT2D eigenvalue weighted by molar-refractivity contribution is 6.30. The average molecular weight is 343 g/mol. The van der Waals surface area contributed by atoms with Crippen molar-refractivity contribution in [2.24, 2.45) is 4.99 Å². The van der Waals surface area contributed by atoms with Gasteiger partial charge in [0.2, 0.25) is 0 Å². The molecule has 0 saturated carbocycles. The van der Waals surface area contributed by atoms with E-state index < -0.39 is 0 Å². The molecule has 0 amide bonds. The minimum Gasteiger partial charge on any atom is -0.497 e. The summed E-state index contributed by atoms with van der Waals surface area (Å²) in [5, 5.41) is 7.36. The molecule has 0 spiro atoms. The van der Waals surface area contributed by atoms with Crippen molar-refractivity contribution in [2.45, 2.75) is 6.54 Å². The van der Waals surface area contributed by atoms with Crippen molar-refractivity contribution >= 4 is 23.5 Å². The van der Waals surface area contributed by atoms with Crippen LogP contribution in [0.15, 0.2) is 58.3 Å². The average Bonchev–Trinajstić information content (AvgIpc) is 2.95. The molecule has 1 aromatic heterocycles. The molecule has 0 fully saturated rings. The van der Waals surface area contributed by atoms with Gasteiger partial charge < -0.3 is 4.74 Å². The molecule has 3 rings (SSSR count). The van der Waals surface area contributed by atoms with Crippen LogP contribution in [0.25, 0.3) is 0 Å².